The van der Waals surface area contributed by atoms with Gasteiger partial charge in [0.1, 0.15) is 11.4 Å². The van der Waals surface area contributed by atoms with Crippen LogP contribution < -0.4 is 10.1 Å². The van der Waals surface area contributed by atoms with E-state index in [-0.39, 0.29) is 5.69 Å². The van der Waals surface area contributed by atoms with Gasteiger partial charge in [-0.15, -0.1) is 0 Å². The predicted octanol–water partition coefficient (Wildman–Crippen LogP) is 3.24. The molecule has 2 aromatic rings. The molecule has 1 aromatic heterocycles. The molecule has 6 nitrogen and oxygen atoms in total. The topological polar surface area (TPSA) is 77.5 Å². The molecule has 1 aromatic carbocycles. The minimum Gasteiger partial charge on any atom is -0.495 e. The second-order valence-corrected chi connectivity index (χ2v) is 5.54. The third kappa shape index (κ3) is 4.45. The lowest BCUT2D eigenvalue weighted by Gasteiger charge is -2.15. The van der Waals surface area contributed by atoms with Gasteiger partial charge in [-0.1, -0.05) is 17.7 Å². The zero-order valence-corrected chi connectivity index (χ0v) is 14.3. The molecule has 2 rings (SSSR count). The first-order chi connectivity index (χ1) is 11.4. The summed E-state index contributed by atoms with van der Waals surface area (Å²) in [7, 11) is 1.51. The number of aromatic nitrogens is 1. The zero-order valence-electron chi connectivity index (χ0n) is 13.5. The second kappa shape index (κ2) is 7.79. The molecular formula is C17H17ClN2O4. The van der Waals surface area contributed by atoms with Crippen molar-refractivity contribution in [2.24, 2.45) is 0 Å². The van der Waals surface area contributed by atoms with Gasteiger partial charge in [-0.2, -0.15) is 0 Å². The number of rotatable bonds is 5. The molecule has 0 saturated heterocycles. The highest BCUT2D eigenvalue weighted by atomic mass is 35.5. The predicted molar refractivity (Wildman–Crippen MR) is 90.5 cm³/mol. The summed E-state index contributed by atoms with van der Waals surface area (Å²) in [5.74, 6) is -0.686. The summed E-state index contributed by atoms with van der Waals surface area (Å²) in [6.45, 7) is 3.36. The van der Waals surface area contributed by atoms with E-state index in [0.29, 0.717) is 16.5 Å². The number of carbonyl (C=O) groups is 2. The Hall–Kier alpha value is -2.60. The molecule has 1 heterocycles. The normalized spacial score (nSPS) is 11.5. The van der Waals surface area contributed by atoms with Gasteiger partial charge in [-0.3, -0.25) is 4.79 Å². The van der Waals surface area contributed by atoms with E-state index < -0.39 is 18.0 Å². The minimum atomic E-state index is -1.01. The van der Waals surface area contributed by atoms with Crippen LogP contribution in [0.25, 0.3) is 0 Å². The number of anilines is 1. The fourth-order valence-electron chi connectivity index (χ4n) is 1.94. The Labute approximate surface area is 144 Å². The molecule has 1 atom stereocenters. The van der Waals surface area contributed by atoms with Crippen molar-refractivity contribution in [2.45, 2.75) is 20.0 Å². The molecule has 7 heteroatoms. The average molecular weight is 349 g/mol. The number of ether oxygens (including phenoxy) is 2. The fraction of sp³-hybridized carbons (Fsp3) is 0.235. The van der Waals surface area contributed by atoms with Crippen molar-refractivity contribution in [1.29, 1.82) is 0 Å². The molecule has 0 aliphatic carbocycles. The third-order valence-corrected chi connectivity index (χ3v) is 3.43. The SMILES string of the molecule is COc1ccc(C)cc1NC(=O)[C@@H](C)OC(=O)c1cc(Cl)ccn1. The highest BCUT2D eigenvalue weighted by Gasteiger charge is 2.21. The van der Waals surface area contributed by atoms with E-state index in [4.69, 9.17) is 21.1 Å². The number of halogens is 1. The van der Waals surface area contributed by atoms with Crippen molar-refractivity contribution in [3.63, 3.8) is 0 Å². The number of amides is 1. The number of nitrogens with zero attached hydrogens (tertiary/aromatic N) is 1. The van der Waals surface area contributed by atoms with Gasteiger partial charge in [-0.25, -0.2) is 9.78 Å². The van der Waals surface area contributed by atoms with E-state index in [9.17, 15) is 9.59 Å². The van der Waals surface area contributed by atoms with Crippen LogP contribution in [0.4, 0.5) is 5.69 Å². The van der Waals surface area contributed by atoms with Crippen LogP contribution in [0.5, 0.6) is 5.75 Å². The smallest absolute Gasteiger partial charge is 0.357 e. The number of hydrogen-bond acceptors (Lipinski definition) is 5. The maximum Gasteiger partial charge on any atom is 0.357 e. The number of aryl methyl sites for hydroxylation is 1. The Morgan fingerprint density at radius 2 is 2.00 bits per heavy atom. The van der Waals surface area contributed by atoms with Crippen molar-refractivity contribution in [3.05, 3.63) is 52.8 Å². The summed E-state index contributed by atoms with van der Waals surface area (Å²) in [5, 5.41) is 3.04. The molecule has 0 bridgehead atoms. The van der Waals surface area contributed by atoms with Crippen LogP contribution >= 0.6 is 11.6 Å². The van der Waals surface area contributed by atoms with Gasteiger partial charge in [0.05, 0.1) is 12.8 Å². The minimum absolute atomic E-state index is 0.0373. The number of carbonyl (C=O) groups excluding carboxylic acids is 2. The van der Waals surface area contributed by atoms with Crippen LogP contribution in [0.15, 0.2) is 36.5 Å². The highest BCUT2D eigenvalue weighted by Crippen LogP contribution is 2.25. The molecule has 0 saturated carbocycles. The van der Waals surface area contributed by atoms with Crippen LogP contribution in [0.2, 0.25) is 5.02 Å². The van der Waals surface area contributed by atoms with E-state index in [0.717, 1.165) is 5.56 Å². The standard InChI is InChI=1S/C17H17ClN2O4/c1-10-4-5-15(23-3)13(8-10)20-16(21)11(2)24-17(22)14-9-12(18)6-7-19-14/h4-9,11H,1-3H3,(H,20,21)/t11-/m1/s1. The Morgan fingerprint density at radius 1 is 1.25 bits per heavy atom. The lowest BCUT2D eigenvalue weighted by atomic mass is 10.2. The first kappa shape index (κ1) is 17.7. The van der Waals surface area contributed by atoms with Gasteiger partial charge in [-0.05, 0) is 43.7 Å². The molecule has 0 fully saturated rings. The molecule has 1 N–H and O–H groups in total. The van der Waals surface area contributed by atoms with Crippen molar-refractivity contribution in [3.8, 4) is 5.75 Å². The average Bonchev–Trinajstić information content (AvgIpc) is 2.55. The van der Waals surface area contributed by atoms with Crippen LogP contribution in [0.3, 0.4) is 0 Å². The lowest BCUT2D eigenvalue weighted by Crippen LogP contribution is -2.30. The summed E-state index contributed by atoms with van der Waals surface area (Å²) in [5.41, 5.74) is 1.50. The summed E-state index contributed by atoms with van der Waals surface area (Å²) >= 11 is 5.80. The van der Waals surface area contributed by atoms with E-state index in [1.54, 1.807) is 18.2 Å². The number of nitrogens with one attached hydrogen (secondary N) is 1. The third-order valence-electron chi connectivity index (χ3n) is 3.20. The molecule has 0 unspecified atom stereocenters. The molecule has 0 aliphatic rings. The van der Waals surface area contributed by atoms with E-state index in [2.05, 4.69) is 10.3 Å². The van der Waals surface area contributed by atoms with E-state index >= 15 is 0 Å². The van der Waals surface area contributed by atoms with E-state index in [1.165, 1.54) is 26.3 Å². The number of benzene rings is 1. The van der Waals surface area contributed by atoms with Crippen LogP contribution in [0, 0.1) is 6.92 Å². The Morgan fingerprint density at radius 3 is 2.67 bits per heavy atom. The lowest BCUT2D eigenvalue weighted by molar-refractivity contribution is -0.123. The second-order valence-electron chi connectivity index (χ2n) is 5.10. The van der Waals surface area contributed by atoms with Crippen molar-refractivity contribution >= 4 is 29.2 Å². The number of methoxy groups -OCH3 is 1. The monoisotopic (exact) mass is 348 g/mol. The maximum absolute atomic E-state index is 12.2. The van der Waals surface area contributed by atoms with Gasteiger partial charge < -0.3 is 14.8 Å². The first-order valence-electron chi connectivity index (χ1n) is 7.18. The zero-order chi connectivity index (χ0) is 17.7. The summed E-state index contributed by atoms with van der Waals surface area (Å²) in [6.07, 6.45) is 0.380. The highest BCUT2D eigenvalue weighted by molar-refractivity contribution is 6.30. The number of esters is 1. The fourth-order valence-corrected chi connectivity index (χ4v) is 2.10. The summed E-state index contributed by atoms with van der Waals surface area (Å²) in [4.78, 5) is 28.1. The van der Waals surface area contributed by atoms with Gasteiger partial charge in [0.25, 0.3) is 5.91 Å². The summed E-state index contributed by atoms with van der Waals surface area (Å²) < 4.78 is 10.3. The van der Waals surface area contributed by atoms with Gasteiger partial charge in [0.2, 0.25) is 0 Å². The largest absolute Gasteiger partial charge is 0.495 e. The van der Waals surface area contributed by atoms with Gasteiger partial charge in [0.15, 0.2) is 6.10 Å². The first-order valence-corrected chi connectivity index (χ1v) is 7.56. The van der Waals surface area contributed by atoms with Crippen LogP contribution in [-0.2, 0) is 9.53 Å². The molecule has 0 aliphatic heterocycles. The maximum atomic E-state index is 12.2. The molecule has 24 heavy (non-hydrogen) atoms. The van der Waals surface area contributed by atoms with Crippen molar-refractivity contribution in [2.75, 3.05) is 12.4 Å². The molecule has 1 amide bonds. The molecule has 126 valence electrons. The Balaban J connectivity index is 2.05. The van der Waals surface area contributed by atoms with Gasteiger partial charge >= 0.3 is 5.97 Å². The van der Waals surface area contributed by atoms with Gasteiger partial charge in [0, 0.05) is 11.2 Å². The summed E-state index contributed by atoms with van der Waals surface area (Å²) in [6, 6.07) is 8.29. The Bertz CT molecular complexity index is 764. The molecular weight excluding hydrogens is 332 g/mol. The molecule has 0 spiro atoms. The molecule has 0 radical (unpaired) electrons. The van der Waals surface area contributed by atoms with E-state index in [1.807, 2.05) is 13.0 Å². The van der Waals surface area contributed by atoms with Crippen LogP contribution in [0.1, 0.15) is 23.0 Å². The van der Waals surface area contributed by atoms with Crippen LogP contribution in [-0.4, -0.2) is 30.1 Å². The Kier molecular flexibility index (Phi) is 5.76. The number of pyridine rings is 1. The number of hydrogen-bond donors (Lipinski definition) is 1. The van der Waals surface area contributed by atoms with Crippen molar-refractivity contribution in [1.82, 2.24) is 4.98 Å². The van der Waals surface area contributed by atoms with Crippen molar-refractivity contribution < 1.29 is 19.1 Å². The quantitative estimate of drug-likeness (QED) is 0.839.